The monoisotopic (exact) mass is 449 g/mol. The Morgan fingerprint density at radius 1 is 1.06 bits per heavy atom. The minimum Gasteiger partial charge on any atom is -0.484 e. The number of ether oxygens (including phenoxy) is 1. The molecule has 1 aromatic heterocycles. The summed E-state index contributed by atoms with van der Waals surface area (Å²) in [5.41, 5.74) is 2.08. The second kappa shape index (κ2) is 12.2. The molecule has 0 radical (unpaired) electrons. The fourth-order valence-corrected chi connectivity index (χ4v) is 4.44. The number of benzene rings is 1. The number of nitrogens with one attached hydrogen (secondary N) is 2. The molecule has 0 saturated heterocycles. The van der Waals surface area contributed by atoms with Gasteiger partial charge in [0.25, 0.3) is 5.91 Å². The third-order valence-corrected chi connectivity index (χ3v) is 6.36. The first kappa shape index (κ1) is 24.5. The van der Waals surface area contributed by atoms with Crippen molar-refractivity contribution < 1.29 is 14.3 Å². The Kier molecular flexibility index (Phi) is 9.04. The van der Waals surface area contributed by atoms with Crippen LogP contribution in [0, 0.1) is 23.7 Å². The van der Waals surface area contributed by atoms with Crippen LogP contribution in [0.4, 0.5) is 0 Å². The van der Waals surface area contributed by atoms with Crippen molar-refractivity contribution in [3.8, 4) is 5.75 Å². The van der Waals surface area contributed by atoms with Crippen LogP contribution in [0.1, 0.15) is 39.3 Å². The molecule has 1 heterocycles. The lowest BCUT2D eigenvalue weighted by atomic mass is 9.69. The molecule has 176 valence electrons. The van der Waals surface area contributed by atoms with Crippen LogP contribution in [-0.4, -0.2) is 29.9 Å². The van der Waals surface area contributed by atoms with Gasteiger partial charge >= 0.3 is 0 Å². The molecule has 2 N–H and O–H groups in total. The Morgan fingerprint density at radius 3 is 2.52 bits per heavy atom. The SMILES string of the molecule is CC1=C[C@@H](CNC(=O)COc2ccccc2)[C@H](C(C)C)C[C@H]1CC(=O)NCc1ccccn1. The molecule has 3 atom stereocenters. The Hall–Kier alpha value is -3.15. The van der Waals surface area contributed by atoms with Crippen molar-refractivity contribution in [3.63, 3.8) is 0 Å². The molecule has 0 fully saturated rings. The highest BCUT2D eigenvalue weighted by Gasteiger charge is 2.32. The summed E-state index contributed by atoms with van der Waals surface area (Å²) in [6.07, 6.45) is 5.40. The summed E-state index contributed by atoms with van der Waals surface area (Å²) >= 11 is 0. The largest absolute Gasteiger partial charge is 0.484 e. The quantitative estimate of drug-likeness (QED) is 0.534. The zero-order valence-corrected chi connectivity index (χ0v) is 19.8. The fraction of sp³-hybridized carbons (Fsp3) is 0.444. The number of aromatic nitrogens is 1. The number of carbonyl (C=O) groups excluding carboxylic acids is 2. The van der Waals surface area contributed by atoms with Gasteiger partial charge in [-0.1, -0.05) is 49.8 Å². The first-order valence-electron chi connectivity index (χ1n) is 11.7. The van der Waals surface area contributed by atoms with Crippen LogP contribution < -0.4 is 15.4 Å². The Bertz CT molecular complexity index is 928. The molecule has 0 saturated carbocycles. The lowest BCUT2D eigenvalue weighted by Crippen LogP contribution is -2.39. The molecule has 1 aromatic carbocycles. The normalized spacial score (nSPS) is 20.1. The third-order valence-electron chi connectivity index (χ3n) is 6.36. The number of hydrogen-bond donors (Lipinski definition) is 2. The van der Waals surface area contributed by atoms with Gasteiger partial charge in [-0.2, -0.15) is 0 Å². The van der Waals surface area contributed by atoms with Gasteiger partial charge in [0.1, 0.15) is 5.75 Å². The molecule has 0 bridgehead atoms. The van der Waals surface area contributed by atoms with Crippen molar-refractivity contribution in [2.75, 3.05) is 13.2 Å². The predicted octanol–water partition coefficient (Wildman–Crippen LogP) is 4.14. The zero-order chi connectivity index (χ0) is 23.6. The van der Waals surface area contributed by atoms with Gasteiger partial charge in [0, 0.05) is 19.2 Å². The summed E-state index contributed by atoms with van der Waals surface area (Å²) in [5, 5.41) is 6.02. The van der Waals surface area contributed by atoms with E-state index >= 15 is 0 Å². The second-order valence-corrected chi connectivity index (χ2v) is 9.12. The lowest BCUT2D eigenvalue weighted by Gasteiger charge is -2.37. The van der Waals surface area contributed by atoms with Crippen LogP contribution in [0.25, 0.3) is 0 Å². The van der Waals surface area contributed by atoms with Crippen LogP contribution in [0.5, 0.6) is 5.75 Å². The molecule has 6 nitrogen and oxygen atoms in total. The van der Waals surface area contributed by atoms with Crippen molar-refractivity contribution in [2.24, 2.45) is 23.7 Å². The first-order chi connectivity index (χ1) is 15.9. The van der Waals surface area contributed by atoms with Crippen LogP contribution >= 0.6 is 0 Å². The summed E-state index contributed by atoms with van der Waals surface area (Å²) in [4.78, 5) is 29.1. The van der Waals surface area contributed by atoms with E-state index in [9.17, 15) is 9.59 Å². The van der Waals surface area contributed by atoms with Gasteiger partial charge in [-0.3, -0.25) is 14.6 Å². The molecule has 33 heavy (non-hydrogen) atoms. The Morgan fingerprint density at radius 2 is 1.82 bits per heavy atom. The molecule has 6 heteroatoms. The van der Waals surface area contributed by atoms with Gasteiger partial charge in [0.15, 0.2) is 6.61 Å². The molecular formula is C27H35N3O3. The number of allylic oxidation sites excluding steroid dienone is 1. The smallest absolute Gasteiger partial charge is 0.257 e. The third kappa shape index (κ3) is 7.74. The Balaban J connectivity index is 1.50. The molecule has 3 rings (SSSR count). The average molecular weight is 450 g/mol. The van der Waals surface area contributed by atoms with Crippen molar-refractivity contribution in [1.29, 1.82) is 0 Å². The number of amides is 2. The van der Waals surface area contributed by atoms with Gasteiger partial charge < -0.3 is 15.4 Å². The van der Waals surface area contributed by atoms with E-state index in [0.29, 0.717) is 37.1 Å². The second-order valence-electron chi connectivity index (χ2n) is 9.12. The molecule has 0 aliphatic heterocycles. The van der Waals surface area contributed by atoms with E-state index in [-0.39, 0.29) is 30.3 Å². The van der Waals surface area contributed by atoms with E-state index in [4.69, 9.17) is 4.74 Å². The number of carbonyl (C=O) groups is 2. The highest BCUT2D eigenvalue weighted by Crippen LogP contribution is 2.38. The minimum atomic E-state index is -0.122. The van der Waals surface area contributed by atoms with Crippen LogP contribution in [0.15, 0.2) is 66.4 Å². The van der Waals surface area contributed by atoms with Gasteiger partial charge in [-0.05, 0) is 61.3 Å². The predicted molar refractivity (Wildman–Crippen MR) is 129 cm³/mol. The molecular weight excluding hydrogens is 414 g/mol. The van der Waals surface area contributed by atoms with Crippen LogP contribution in [-0.2, 0) is 16.1 Å². The molecule has 1 aliphatic carbocycles. The van der Waals surface area contributed by atoms with Crippen LogP contribution in [0.3, 0.4) is 0 Å². The topological polar surface area (TPSA) is 80.3 Å². The summed E-state index contributed by atoms with van der Waals surface area (Å²) in [6.45, 7) is 7.55. The number of hydrogen-bond acceptors (Lipinski definition) is 4. The number of pyridine rings is 1. The number of para-hydroxylation sites is 1. The zero-order valence-electron chi connectivity index (χ0n) is 19.8. The highest BCUT2D eigenvalue weighted by molar-refractivity contribution is 5.77. The van der Waals surface area contributed by atoms with Crippen molar-refractivity contribution in [2.45, 2.75) is 40.2 Å². The van der Waals surface area contributed by atoms with Gasteiger partial charge in [-0.25, -0.2) is 0 Å². The summed E-state index contributed by atoms with van der Waals surface area (Å²) in [7, 11) is 0. The Labute approximate surface area is 196 Å². The molecule has 2 amide bonds. The van der Waals surface area contributed by atoms with Gasteiger partial charge in [0.2, 0.25) is 5.91 Å². The maximum absolute atomic E-state index is 12.6. The van der Waals surface area contributed by atoms with E-state index in [0.717, 1.165) is 12.1 Å². The molecule has 2 aromatic rings. The lowest BCUT2D eigenvalue weighted by molar-refractivity contribution is -0.123. The minimum absolute atomic E-state index is 0.00480. The fourth-order valence-electron chi connectivity index (χ4n) is 4.44. The maximum atomic E-state index is 12.6. The van der Waals surface area contributed by atoms with E-state index in [1.807, 2.05) is 48.5 Å². The van der Waals surface area contributed by atoms with Crippen LogP contribution in [0.2, 0.25) is 0 Å². The number of rotatable bonds is 10. The maximum Gasteiger partial charge on any atom is 0.257 e. The van der Waals surface area contributed by atoms with E-state index in [1.54, 1.807) is 6.20 Å². The van der Waals surface area contributed by atoms with Crippen molar-refractivity contribution in [1.82, 2.24) is 15.6 Å². The number of nitrogens with zero attached hydrogens (tertiary/aromatic N) is 1. The van der Waals surface area contributed by atoms with Gasteiger partial charge in [0.05, 0.1) is 12.2 Å². The van der Waals surface area contributed by atoms with E-state index in [2.05, 4.69) is 42.5 Å². The average Bonchev–Trinajstić information content (AvgIpc) is 2.82. The first-order valence-corrected chi connectivity index (χ1v) is 11.7. The molecule has 0 unspecified atom stereocenters. The standard InChI is InChI=1S/C27H35N3O3/c1-19(2)25-14-21(15-26(31)30-17-23-9-7-8-12-28-23)20(3)13-22(25)16-29-27(32)18-33-24-10-5-4-6-11-24/h4-13,19,21-22,25H,14-18H2,1-3H3,(H,29,32)(H,30,31)/t21-,22-,25-/m0/s1. The summed E-state index contributed by atoms with van der Waals surface area (Å²) in [6, 6.07) is 15.0. The highest BCUT2D eigenvalue weighted by atomic mass is 16.5. The van der Waals surface area contributed by atoms with E-state index in [1.165, 1.54) is 5.57 Å². The molecule has 1 aliphatic rings. The summed E-state index contributed by atoms with van der Waals surface area (Å²) in [5.74, 6) is 1.93. The van der Waals surface area contributed by atoms with Crippen molar-refractivity contribution in [3.05, 3.63) is 72.1 Å². The molecule has 0 spiro atoms. The van der Waals surface area contributed by atoms with Crippen molar-refractivity contribution >= 4 is 11.8 Å². The van der Waals surface area contributed by atoms with E-state index < -0.39 is 0 Å². The van der Waals surface area contributed by atoms with Gasteiger partial charge in [-0.15, -0.1) is 0 Å². The summed E-state index contributed by atoms with van der Waals surface area (Å²) < 4.78 is 5.54.